The van der Waals surface area contributed by atoms with Gasteiger partial charge in [0.15, 0.2) is 0 Å². The van der Waals surface area contributed by atoms with E-state index in [1.165, 1.54) is 41.3 Å². The highest BCUT2D eigenvalue weighted by Gasteiger charge is 2.44. The monoisotopic (exact) mass is 402 g/mol. The van der Waals surface area contributed by atoms with Crippen LogP contribution >= 0.6 is 11.6 Å². The van der Waals surface area contributed by atoms with Gasteiger partial charge < -0.3 is 14.9 Å². The van der Waals surface area contributed by atoms with Gasteiger partial charge in [-0.3, -0.25) is 9.59 Å². The summed E-state index contributed by atoms with van der Waals surface area (Å²) >= 11 is 5.88. The minimum Gasteiger partial charge on any atom is -0.872 e. The Labute approximate surface area is 167 Å². The molecule has 7 heteroatoms. The molecule has 0 saturated carbocycles. The molecule has 0 spiro atoms. The molecule has 1 amide bonds. The van der Waals surface area contributed by atoms with Gasteiger partial charge in [-0.05, 0) is 35.4 Å². The minimum atomic E-state index is -0.844. The largest absolute Gasteiger partial charge is 0.872 e. The van der Waals surface area contributed by atoms with Crippen molar-refractivity contribution in [3.63, 3.8) is 0 Å². The molecule has 0 aliphatic carbocycles. The van der Waals surface area contributed by atoms with Crippen LogP contribution in [0.15, 0.2) is 54.1 Å². The zero-order chi connectivity index (χ0) is 20.4. The third kappa shape index (κ3) is 3.93. The minimum absolute atomic E-state index is 0.118. The average molecular weight is 403 g/mol. The highest BCUT2D eigenvalue weighted by molar-refractivity contribution is 6.46. The number of carbonyl (C=O) groups is 2. The van der Waals surface area contributed by atoms with Crippen LogP contribution in [0.1, 0.15) is 17.2 Å². The van der Waals surface area contributed by atoms with Gasteiger partial charge in [-0.15, -0.1) is 0 Å². The summed E-state index contributed by atoms with van der Waals surface area (Å²) in [6.45, 7) is 0.894. The van der Waals surface area contributed by atoms with Gasteiger partial charge in [-0.2, -0.15) is 0 Å². The van der Waals surface area contributed by atoms with Gasteiger partial charge in [0, 0.05) is 10.6 Å². The van der Waals surface area contributed by atoms with E-state index in [1.807, 2.05) is 14.1 Å². The first kappa shape index (κ1) is 20.0. The second-order valence-corrected chi connectivity index (χ2v) is 7.42. The fourth-order valence-corrected chi connectivity index (χ4v) is 3.32. The highest BCUT2D eigenvalue weighted by atomic mass is 35.5. The number of rotatable bonds is 5. The molecule has 2 aromatic carbocycles. The normalized spacial score (nSPS) is 18.9. The fraction of sp³-hybridized carbons (Fsp3) is 0.238. The molecule has 1 aliphatic heterocycles. The van der Waals surface area contributed by atoms with Gasteiger partial charge in [0.25, 0.3) is 5.91 Å². The molecule has 0 radical (unpaired) electrons. The Balaban J connectivity index is 2.13. The molecule has 2 aromatic rings. The summed E-state index contributed by atoms with van der Waals surface area (Å²) in [7, 11) is 3.86. The van der Waals surface area contributed by atoms with E-state index in [0.29, 0.717) is 23.7 Å². The van der Waals surface area contributed by atoms with Crippen LogP contribution in [-0.4, -0.2) is 43.8 Å². The van der Waals surface area contributed by atoms with Crippen LogP contribution in [0, 0.1) is 5.82 Å². The molecule has 28 heavy (non-hydrogen) atoms. The number of benzene rings is 2. The summed E-state index contributed by atoms with van der Waals surface area (Å²) in [5.41, 5.74) is 0.673. The number of Topliss-reactive ketones (excluding diaryl/α,β-unsaturated/α-hetero) is 1. The van der Waals surface area contributed by atoms with E-state index < -0.39 is 29.3 Å². The van der Waals surface area contributed by atoms with Crippen molar-refractivity contribution < 1.29 is 24.0 Å². The van der Waals surface area contributed by atoms with Crippen LogP contribution in [0.3, 0.4) is 0 Å². The van der Waals surface area contributed by atoms with Crippen molar-refractivity contribution >= 4 is 29.1 Å². The number of halogens is 2. The molecule has 1 atom stereocenters. The smallest absolute Gasteiger partial charge is 0.295 e. The second kappa shape index (κ2) is 8.12. The summed E-state index contributed by atoms with van der Waals surface area (Å²) in [5.74, 6) is -2.49. The van der Waals surface area contributed by atoms with Crippen LogP contribution in [0.5, 0.6) is 0 Å². The SMILES string of the molecule is C[NH+](C)CCN1C(=O)C(=O)/C(=C(/[O-])c2ccc(Cl)cc2)C1c1ccc(F)cc1. The van der Waals surface area contributed by atoms with Gasteiger partial charge in [0.05, 0.1) is 33.2 Å². The van der Waals surface area contributed by atoms with E-state index in [9.17, 15) is 19.1 Å². The summed E-state index contributed by atoms with van der Waals surface area (Å²) in [6, 6.07) is 10.8. The number of hydrogen-bond donors (Lipinski definition) is 1. The van der Waals surface area contributed by atoms with Crippen LogP contribution in [0.4, 0.5) is 4.39 Å². The van der Waals surface area contributed by atoms with Crippen molar-refractivity contribution in [2.24, 2.45) is 0 Å². The lowest BCUT2D eigenvalue weighted by molar-refractivity contribution is -0.857. The Morgan fingerprint density at radius 3 is 2.29 bits per heavy atom. The first-order valence-electron chi connectivity index (χ1n) is 8.86. The van der Waals surface area contributed by atoms with Crippen molar-refractivity contribution in [1.29, 1.82) is 0 Å². The molecule has 1 fully saturated rings. The van der Waals surface area contributed by atoms with Crippen molar-refractivity contribution in [3.05, 3.63) is 76.1 Å². The molecular formula is C21H20ClFN2O3. The van der Waals surface area contributed by atoms with E-state index in [2.05, 4.69) is 0 Å². The maximum atomic E-state index is 13.4. The number of carbonyl (C=O) groups excluding carboxylic acids is 2. The molecule has 146 valence electrons. The zero-order valence-corrected chi connectivity index (χ0v) is 16.3. The topological polar surface area (TPSA) is 64.9 Å². The Morgan fingerprint density at radius 1 is 1.11 bits per heavy atom. The number of nitrogens with zero attached hydrogens (tertiary/aromatic N) is 1. The quantitative estimate of drug-likeness (QED) is 0.458. The van der Waals surface area contributed by atoms with Gasteiger partial charge in [0.1, 0.15) is 5.82 Å². The number of amides is 1. The Hall–Kier alpha value is -2.70. The summed E-state index contributed by atoms with van der Waals surface area (Å²) in [6.07, 6.45) is 0. The first-order valence-corrected chi connectivity index (χ1v) is 9.24. The van der Waals surface area contributed by atoms with Crippen molar-refractivity contribution in [1.82, 2.24) is 4.90 Å². The van der Waals surface area contributed by atoms with Crippen LogP contribution in [0.2, 0.25) is 5.02 Å². The predicted molar refractivity (Wildman–Crippen MR) is 102 cm³/mol. The summed E-state index contributed by atoms with van der Waals surface area (Å²) in [5, 5.41) is 13.5. The maximum absolute atomic E-state index is 13.4. The standard InChI is InChI=1S/C21H20ClFN2O3/c1-24(2)11-12-25-18(13-5-9-16(23)10-6-13)17(20(27)21(25)28)19(26)14-3-7-15(22)8-4-14/h3-10,18,26H,11-12H2,1-2H3/b19-17+. The van der Waals surface area contributed by atoms with Crippen molar-refractivity contribution in [3.8, 4) is 0 Å². The predicted octanol–water partition coefficient (Wildman–Crippen LogP) is 0.848. The lowest BCUT2D eigenvalue weighted by atomic mass is 9.95. The maximum Gasteiger partial charge on any atom is 0.295 e. The molecule has 1 aliphatic rings. The van der Waals surface area contributed by atoms with Gasteiger partial charge in [-0.1, -0.05) is 41.6 Å². The van der Waals surface area contributed by atoms with E-state index in [-0.39, 0.29) is 11.1 Å². The third-order valence-corrected chi connectivity index (χ3v) is 4.93. The number of nitrogens with one attached hydrogen (secondary N) is 1. The Bertz CT molecular complexity index is 924. The Kier molecular flexibility index (Phi) is 5.82. The lowest BCUT2D eigenvalue weighted by Crippen LogP contribution is -3.06. The molecule has 5 nitrogen and oxygen atoms in total. The molecule has 3 rings (SSSR count). The van der Waals surface area contributed by atoms with Crippen LogP contribution in [-0.2, 0) is 9.59 Å². The van der Waals surface area contributed by atoms with Gasteiger partial charge in [-0.25, -0.2) is 4.39 Å². The number of ketones is 1. The molecule has 1 N–H and O–H groups in total. The van der Waals surface area contributed by atoms with Gasteiger partial charge >= 0.3 is 0 Å². The van der Waals surface area contributed by atoms with Crippen molar-refractivity contribution in [2.45, 2.75) is 6.04 Å². The van der Waals surface area contributed by atoms with Gasteiger partial charge in [0.2, 0.25) is 5.78 Å². The fourth-order valence-electron chi connectivity index (χ4n) is 3.19. The van der Waals surface area contributed by atoms with Crippen LogP contribution < -0.4 is 10.0 Å². The molecule has 0 bridgehead atoms. The highest BCUT2D eigenvalue weighted by Crippen LogP contribution is 2.38. The molecule has 1 unspecified atom stereocenters. The number of quaternary nitrogens is 1. The number of hydrogen-bond acceptors (Lipinski definition) is 3. The van der Waals surface area contributed by atoms with E-state index >= 15 is 0 Å². The zero-order valence-electron chi connectivity index (χ0n) is 15.5. The molecule has 1 saturated heterocycles. The number of likely N-dealkylation sites (tertiary alicyclic amines) is 1. The summed E-state index contributed by atoms with van der Waals surface area (Å²) < 4.78 is 13.4. The lowest BCUT2D eigenvalue weighted by Gasteiger charge is -2.27. The Morgan fingerprint density at radius 2 is 1.71 bits per heavy atom. The van der Waals surface area contributed by atoms with Crippen molar-refractivity contribution in [2.75, 3.05) is 27.2 Å². The molecule has 1 heterocycles. The third-order valence-electron chi connectivity index (χ3n) is 4.67. The first-order chi connectivity index (χ1) is 13.3. The van der Waals surface area contributed by atoms with E-state index in [1.54, 1.807) is 12.1 Å². The number of likely N-dealkylation sites (N-methyl/N-ethyl adjacent to an activating group) is 1. The molecule has 0 aromatic heterocycles. The van der Waals surface area contributed by atoms with E-state index in [0.717, 1.165) is 4.90 Å². The second-order valence-electron chi connectivity index (χ2n) is 6.99. The van der Waals surface area contributed by atoms with Crippen LogP contribution in [0.25, 0.3) is 5.76 Å². The average Bonchev–Trinajstić information content (AvgIpc) is 2.91. The summed E-state index contributed by atoms with van der Waals surface area (Å²) in [4.78, 5) is 27.9. The molecular weight excluding hydrogens is 383 g/mol. The van der Waals surface area contributed by atoms with E-state index in [4.69, 9.17) is 11.6 Å².